The van der Waals surface area contributed by atoms with E-state index in [1.807, 2.05) is 24.1 Å². The van der Waals surface area contributed by atoms with Gasteiger partial charge in [-0.2, -0.15) is 5.26 Å². The smallest absolute Gasteiger partial charge is 0.320 e. The minimum absolute atomic E-state index is 0.178. The van der Waals surface area contributed by atoms with Gasteiger partial charge in [-0.25, -0.2) is 4.79 Å². The lowest BCUT2D eigenvalue weighted by Crippen LogP contribution is -2.47. The van der Waals surface area contributed by atoms with Crippen LogP contribution in [0.1, 0.15) is 18.4 Å². The maximum atomic E-state index is 12.1. The summed E-state index contributed by atoms with van der Waals surface area (Å²) in [5, 5.41) is 8.78. The van der Waals surface area contributed by atoms with Gasteiger partial charge in [0.05, 0.1) is 11.6 Å². The molecule has 0 aliphatic carbocycles. The van der Waals surface area contributed by atoms with E-state index in [9.17, 15) is 4.79 Å². The number of urea groups is 1. The number of nitrogens with zero attached hydrogens (tertiary/aromatic N) is 4. The van der Waals surface area contributed by atoms with Crippen LogP contribution in [0.2, 0.25) is 0 Å². The number of carbonyl (C=O) groups is 1. The Morgan fingerprint density at radius 1 is 1.17 bits per heavy atom. The summed E-state index contributed by atoms with van der Waals surface area (Å²) in [5.74, 6) is 0.801. The number of carbonyl (C=O) groups excluding carboxylic acids is 1. The van der Waals surface area contributed by atoms with Crippen LogP contribution in [0.5, 0.6) is 5.75 Å². The largest absolute Gasteiger partial charge is 0.492 e. The molecule has 128 valence electrons. The van der Waals surface area contributed by atoms with Crippen LogP contribution < -0.4 is 4.74 Å². The SMILES string of the molecule is CN1CCN(C2CCN(CCOc3ccc(C#N)cc3)CC2)C1=O. The van der Waals surface area contributed by atoms with Crippen molar-refractivity contribution in [2.24, 2.45) is 0 Å². The van der Waals surface area contributed by atoms with Gasteiger partial charge in [0.15, 0.2) is 0 Å². The number of rotatable bonds is 5. The van der Waals surface area contributed by atoms with Crippen LogP contribution in [0, 0.1) is 11.3 Å². The van der Waals surface area contributed by atoms with Crippen molar-refractivity contribution in [1.82, 2.24) is 14.7 Å². The lowest BCUT2D eigenvalue weighted by Gasteiger charge is -2.36. The molecule has 1 aromatic carbocycles. The lowest BCUT2D eigenvalue weighted by atomic mass is 10.0. The molecule has 2 fully saturated rings. The number of ether oxygens (including phenoxy) is 1. The van der Waals surface area contributed by atoms with Crippen molar-refractivity contribution in [1.29, 1.82) is 5.26 Å². The summed E-state index contributed by atoms with van der Waals surface area (Å²) in [6, 6.07) is 9.87. The number of amides is 2. The maximum Gasteiger partial charge on any atom is 0.320 e. The average molecular weight is 328 g/mol. The predicted octanol–water partition coefficient (Wildman–Crippen LogP) is 1.77. The molecule has 6 nitrogen and oxygen atoms in total. The number of likely N-dealkylation sites (N-methyl/N-ethyl adjacent to an activating group) is 1. The summed E-state index contributed by atoms with van der Waals surface area (Å²) in [4.78, 5) is 18.3. The van der Waals surface area contributed by atoms with Crippen molar-refractivity contribution in [2.45, 2.75) is 18.9 Å². The first-order chi connectivity index (χ1) is 11.7. The molecular formula is C18H24N4O2. The molecule has 2 aliphatic rings. The van der Waals surface area contributed by atoms with Crippen LogP contribution in [-0.4, -0.2) is 73.2 Å². The molecule has 0 atom stereocenters. The summed E-state index contributed by atoms with van der Waals surface area (Å²) >= 11 is 0. The van der Waals surface area contributed by atoms with Gasteiger partial charge in [0.25, 0.3) is 0 Å². The second-order valence-corrected chi connectivity index (χ2v) is 6.45. The Hall–Kier alpha value is -2.26. The molecule has 0 bridgehead atoms. The van der Waals surface area contributed by atoms with E-state index in [1.54, 1.807) is 17.0 Å². The van der Waals surface area contributed by atoms with Crippen LogP contribution in [0.3, 0.4) is 0 Å². The molecule has 0 spiro atoms. The Kier molecular flexibility index (Phi) is 5.21. The van der Waals surface area contributed by atoms with Crippen molar-refractivity contribution in [3.63, 3.8) is 0 Å². The molecule has 0 aromatic heterocycles. The molecule has 0 unspecified atom stereocenters. The van der Waals surface area contributed by atoms with E-state index in [1.165, 1.54) is 0 Å². The molecule has 1 aromatic rings. The summed E-state index contributed by atoms with van der Waals surface area (Å²) in [5.41, 5.74) is 0.645. The first-order valence-electron chi connectivity index (χ1n) is 8.54. The third kappa shape index (κ3) is 3.80. The van der Waals surface area contributed by atoms with Gasteiger partial charge in [-0.3, -0.25) is 4.90 Å². The lowest BCUT2D eigenvalue weighted by molar-refractivity contribution is 0.120. The highest BCUT2D eigenvalue weighted by molar-refractivity contribution is 5.76. The van der Waals surface area contributed by atoms with E-state index >= 15 is 0 Å². The van der Waals surface area contributed by atoms with E-state index < -0.39 is 0 Å². The molecule has 2 heterocycles. The number of benzene rings is 1. The maximum absolute atomic E-state index is 12.1. The van der Waals surface area contributed by atoms with E-state index in [4.69, 9.17) is 10.00 Å². The fourth-order valence-corrected chi connectivity index (χ4v) is 3.38. The minimum atomic E-state index is 0.178. The standard InChI is InChI=1S/C18H24N4O2/c1-20-10-11-22(18(20)23)16-6-8-21(9-7-16)12-13-24-17-4-2-15(14-19)3-5-17/h2-5,16H,6-13H2,1H3. The van der Waals surface area contributed by atoms with Gasteiger partial charge in [0, 0.05) is 45.8 Å². The topological polar surface area (TPSA) is 59.8 Å². The van der Waals surface area contributed by atoms with Crippen LogP contribution in [0.15, 0.2) is 24.3 Å². The van der Waals surface area contributed by atoms with Gasteiger partial charge in [-0.05, 0) is 37.1 Å². The molecule has 24 heavy (non-hydrogen) atoms. The van der Waals surface area contributed by atoms with Gasteiger partial charge in [0.1, 0.15) is 12.4 Å². The molecule has 2 aliphatic heterocycles. The Morgan fingerprint density at radius 2 is 1.88 bits per heavy atom. The Bertz CT molecular complexity index is 602. The first-order valence-corrected chi connectivity index (χ1v) is 8.54. The van der Waals surface area contributed by atoms with Crippen molar-refractivity contribution < 1.29 is 9.53 Å². The molecule has 2 saturated heterocycles. The molecule has 2 amide bonds. The highest BCUT2D eigenvalue weighted by Crippen LogP contribution is 2.20. The molecule has 0 N–H and O–H groups in total. The minimum Gasteiger partial charge on any atom is -0.492 e. The number of piperidine rings is 1. The summed E-state index contributed by atoms with van der Waals surface area (Å²) in [6.07, 6.45) is 2.08. The van der Waals surface area contributed by atoms with Gasteiger partial charge >= 0.3 is 6.03 Å². The zero-order valence-electron chi connectivity index (χ0n) is 14.1. The third-order valence-corrected chi connectivity index (χ3v) is 4.91. The summed E-state index contributed by atoms with van der Waals surface area (Å²) in [7, 11) is 1.87. The Balaban J connectivity index is 1.38. The normalized spacial score (nSPS) is 19.6. The number of likely N-dealkylation sites (tertiary alicyclic amines) is 1. The van der Waals surface area contributed by atoms with Crippen molar-refractivity contribution >= 4 is 6.03 Å². The number of hydrogen-bond acceptors (Lipinski definition) is 4. The quantitative estimate of drug-likeness (QED) is 0.826. The van der Waals surface area contributed by atoms with E-state index in [2.05, 4.69) is 11.0 Å². The predicted molar refractivity (Wildman–Crippen MR) is 90.8 cm³/mol. The zero-order chi connectivity index (χ0) is 16.9. The molecule has 3 rings (SSSR count). The zero-order valence-corrected chi connectivity index (χ0v) is 14.1. The second kappa shape index (κ2) is 7.54. The summed E-state index contributed by atoms with van der Waals surface area (Å²) < 4.78 is 5.74. The number of nitriles is 1. The van der Waals surface area contributed by atoms with E-state index in [0.717, 1.165) is 51.3 Å². The van der Waals surface area contributed by atoms with Crippen molar-refractivity contribution in [3.05, 3.63) is 29.8 Å². The monoisotopic (exact) mass is 328 g/mol. The van der Waals surface area contributed by atoms with Crippen LogP contribution in [-0.2, 0) is 0 Å². The van der Waals surface area contributed by atoms with Crippen LogP contribution >= 0.6 is 0 Å². The molecule has 0 saturated carbocycles. The molecular weight excluding hydrogens is 304 g/mol. The Morgan fingerprint density at radius 3 is 2.46 bits per heavy atom. The molecule has 0 radical (unpaired) electrons. The van der Waals surface area contributed by atoms with Crippen LogP contribution in [0.25, 0.3) is 0 Å². The second-order valence-electron chi connectivity index (χ2n) is 6.45. The van der Waals surface area contributed by atoms with Crippen molar-refractivity contribution in [3.8, 4) is 11.8 Å². The van der Waals surface area contributed by atoms with Gasteiger partial charge in [-0.1, -0.05) is 0 Å². The average Bonchev–Trinajstić information content (AvgIpc) is 2.95. The van der Waals surface area contributed by atoms with E-state index in [-0.39, 0.29) is 6.03 Å². The fraction of sp³-hybridized carbons (Fsp3) is 0.556. The summed E-state index contributed by atoms with van der Waals surface area (Å²) in [6.45, 7) is 5.26. The third-order valence-electron chi connectivity index (χ3n) is 4.91. The van der Waals surface area contributed by atoms with E-state index in [0.29, 0.717) is 18.2 Å². The van der Waals surface area contributed by atoms with Gasteiger partial charge in [-0.15, -0.1) is 0 Å². The fourth-order valence-electron chi connectivity index (χ4n) is 3.38. The van der Waals surface area contributed by atoms with Crippen LogP contribution in [0.4, 0.5) is 4.79 Å². The van der Waals surface area contributed by atoms with Gasteiger partial charge in [0.2, 0.25) is 0 Å². The first kappa shape index (κ1) is 16.6. The van der Waals surface area contributed by atoms with Gasteiger partial charge < -0.3 is 14.5 Å². The highest BCUT2D eigenvalue weighted by atomic mass is 16.5. The molecule has 6 heteroatoms. The van der Waals surface area contributed by atoms with Crippen molar-refractivity contribution in [2.75, 3.05) is 46.4 Å². The highest BCUT2D eigenvalue weighted by Gasteiger charge is 2.33. The Labute approximate surface area is 143 Å². The number of hydrogen-bond donors (Lipinski definition) is 0.